The summed E-state index contributed by atoms with van der Waals surface area (Å²) in [5.74, 6) is 0. The Hall–Kier alpha value is -0.760. The molecule has 0 bridgehead atoms. The number of halogens is 1. The van der Waals surface area contributed by atoms with Crippen LogP contribution in [-0.4, -0.2) is 4.98 Å². The first-order valence-electron chi connectivity index (χ1n) is 3.11. The minimum absolute atomic E-state index is 0.151. The molecule has 2 nitrogen and oxygen atoms in total. The molecule has 1 rings (SSSR count). The minimum atomic E-state index is -0.151. The van der Waals surface area contributed by atoms with Gasteiger partial charge in [0.25, 0.3) is 0 Å². The van der Waals surface area contributed by atoms with Crippen LogP contribution in [0.15, 0.2) is 16.9 Å². The lowest BCUT2D eigenvalue weighted by molar-refractivity contribution is 1.09. The molecule has 10 heavy (non-hydrogen) atoms. The van der Waals surface area contributed by atoms with Crippen molar-refractivity contribution in [1.29, 1.82) is 0 Å². The molecule has 0 spiro atoms. The first-order chi connectivity index (χ1) is 4.74. The van der Waals surface area contributed by atoms with Gasteiger partial charge in [0.05, 0.1) is 0 Å². The lowest BCUT2D eigenvalue weighted by Gasteiger charge is -1.96. The maximum atomic E-state index is 10.6. The third kappa shape index (κ3) is 1.39. The number of hydrogen-bond acceptors (Lipinski definition) is 1. The predicted molar refractivity (Wildman–Crippen MR) is 41.5 cm³/mol. The van der Waals surface area contributed by atoms with Crippen LogP contribution in [0.25, 0.3) is 0 Å². The van der Waals surface area contributed by atoms with Gasteiger partial charge in [-0.05, 0) is 12.0 Å². The van der Waals surface area contributed by atoms with E-state index in [2.05, 4.69) is 4.98 Å². The first kappa shape index (κ1) is 7.35. The highest BCUT2D eigenvalue weighted by Crippen LogP contribution is 2.09. The number of hydrogen-bond donors (Lipinski definition) is 1. The molecule has 0 saturated carbocycles. The van der Waals surface area contributed by atoms with Crippen LogP contribution in [-0.2, 0) is 6.42 Å². The maximum Gasteiger partial charge on any atom is 0.249 e. The zero-order valence-corrected chi connectivity index (χ0v) is 6.40. The lowest BCUT2D eigenvalue weighted by atomic mass is 10.2. The second-order valence-electron chi connectivity index (χ2n) is 2.02. The molecule has 0 radical (unpaired) electrons. The van der Waals surface area contributed by atoms with Crippen molar-refractivity contribution in [2.75, 3.05) is 0 Å². The number of aryl methyl sites for hydroxylation is 1. The Balaban J connectivity index is 3.19. The van der Waals surface area contributed by atoms with Gasteiger partial charge in [-0.2, -0.15) is 0 Å². The molecule has 1 N–H and O–H groups in total. The number of H-pyrrole nitrogens is 1. The van der Waals surface area contributed by atoms with E-state index in [0.717, 1.165) is 12.0 Å². The molecule has 3 heteroatoms. The fraction of sp³-hybridized carbons (Fsp3) is 0.286. The van der Waals surface area contributed by atoms with Crippen LogP contribution in [0.2, 0.25) is 5.15 Å². The van der Waals surface area contributed by atoms with Crippen molar-refractivity contribution in [3.8, 4) is 0 Å². The van der Waals surface area contributed by atoms with Gasteiger partial charge in [0.2, 0.25) is 5.56 Å². The van der Waals surface area contributed by atoms with Crippen molar-refractivity contribution < 1.29 is 0 Å². The normalized spacial score (nSPS) is 9.80. The predicted octanol–water partition coefficient (Wildman–Crippen LogP) is 1.59. The van der Waals surface area contributed by atoms with Gasteiger partial charge in [-0.3, -0.25) is 4.79 Å². The number of aromatic amines is 1. The topological polar surface area (TPSA) is 32.9 Å². The molecule has 1 heterocycles. The Morgan fingerprint density at radius 1 is 1.60 bits per heavy atom. The van der Waals surface area contributed by atoms with E-state index in [1.165, 1.54) is 6.07 Å². The zero-order chi connectivity index (χ0) is 7.56. The number of pyridine rings is 1. The largest absolute Gasteiger partial charge is 0.313 e. The quantitative estimate of drug-likeness (QED) is 0.617. The highest BCUT2D eigenvalue weighted by Gasteiger charge is 1.95. The molecule has 0 fully saturated rings. The zero-order valence-electron chi connectivity index (χ0n) is 5.65. The number of nitrogens with one attached hydrogen (secondary N) is 1. The molecule has 1 aromatic heterocycles. The van der Waals surface area contributed by atoms with Crippen molar-refractivity contribution in [2.45, 2.75) is 13.3 Å². The molecule has 0 saturated heterocycles. The van der Waals surface area contributed by atoms with Crippen LogP contribution in [0, 0.1) is 0 Å². The number of aromatic nitrogens is 1. The summed E-state index contributed by atoms with van der Waals surface area (Å²) < 4.78 is 0. The molecule has 0 aliphatic heterocycles. The van der Waals surface area contributed by atoms with Crippen molar-refractivity contribution in [1.82, 2.24) is 4.98 Å². The summed E-state index contributed by atoms with van der Waals surface area (Å²) in [6.45, 7) is 1.99. The summed E-state index contributed by atoms with van der Waals surface area (Å²) in [4.78, 5) is 13.1. The fourth-order valence-electron chi connectivity index (χ4n) is 0.753. The van der Waals surface area contributed by atoms with E-state index in [-0.39, 0.29) is 5.56 Å². The Kier molecular flexibility index (Phi) is 2.12. The van der Waals surface area contributed by atoms with E-state index in [9.17, 15) is 4.79 Å². The van der Waals surface area contributed by atoms with E-state index in [1.807, 2.05) is 6.92 Å². The van der Waals surface area contributed by atoms with Gasteiger partial charge in [-0.1, -0.05) is 24.6 Å². The minimum Gasteiger partial charge on any atom is -0.313 e. The van der Waals surface area contributed by atoms with Gasteiger partial charge < -0.3 is 4.98 Å². The molecule has 0 amide bonds. The van der Waals surface area contributed by atoms with Crippen LogP contribution < -0.4 is 5.56 Å². The van der Waals surface area contributed by atoms with E-state index in [1.54, 1.807) is 6.07 Å². The van der Waals surface area contributed by atoms with E-state index in [0.29, 0.717) is 5.15 Å². The lowest BCUT2D eigenvalue weighted by Crippen LogP contribution is -2.04. The average Bonchev–Trinajstić information content (AvgIpc) is 1.88. The SMILES string of the molecule is CCc1ccc(=O)[nH]c1Cl. The summed E-state index contributed by atoms with van der Waals surface area (Å²) in [5, 5.41) is 0.454. The van der Waals surface area contributed by atoms with Gasteiger partial charge in [-0.25, -0.2) is 0 Å². The van der Waals surface area contributed by atoms with Crippen molar-refractivity contribution >= 4 is 11.6 Å². The van der Waals surface area contributed by atoms with E-state index < -0.39 is 0 Å². The maximum absolute atomic E-state index is 10.6. The average molecular weight is 158 g/mol. The standard InChI is InChI=1S/C7H8ClNO/c1-2-5-3-4-6(10)9-7(5)8/h3-4H,2H2,1H3,(H,9,10). The van der Waals surface area contributed by atoms with E-state index >= 15 is 0 Å². The molecule has 54 valence electrons. The Bertz CT molecular complexity index is 279. The van der Waals surface area contributed by atoms with Gasteiger partial charge >= 0.3 is 0 Å². The molecule has 0 aliphatic carbocycles. The van der Waals surface area contributed by atoms with Crippen LogP contribution >= 0.6 is 11.6 Å². The van der Waals surface area contributed by atoms with Gasteiger partial charge in [-0.15, -0.1) is 0 Å². The second-order valence-corrected chi connectivity index (χ2v) is 2.39. The van der Waals surface area contributed by atoms with Crippen LogP contribution in [0.4, 0.5) is 0 Å². The second kappa shape index (κ2) is 2.88. The Morgan fingerprint density at radius 2 is 2.30 bits per heavy atom. The van der Waals surface area contributed by atoms with Crippen LogP contribution in [0.3, 0.4) is 0 Å². The van der Waals surface area contributed by atoms with Gasteiger partial charge in [0.15, 0.2) is 0 Å². The van der Waals surface area contributed by atoms with Gasteiger partial charge in [0.1, 0.15) is 5.15 Å². The fourth-order valence-corrected chi connectivity index (χ4v) is 1.04. The van der Waals surface area contributed by atoms with E-state index in [4.69, 9.17) is 11.6 Å². The summed E-state index contributed by atoms with van der Waals surface area (Å²) in [7, 11) is 0. The molecular weight excluding hydrogens is 150 g/mol. The third-order valence-electron chi connectivity index (χ3n) is 1.33. The molecular formula is C7H8ClNO. The summed E-state index contributed by atoms with van der Waals surface area (Å²) in [6.07, 6.45) is 0.843. The monoisotopic (exact) mass is 157 g/mol. The molecule has 0 aliphatic rings. The number of rotatable bonds is 1. The highest BCUT2D eigenvalue weighted by atomic mass is 35.5. The Morgan fingerprint density at radius 3 is 2.80 bits per heavy atom. The molecule has 0 aromatic carbocycles. The smallest absolute Gasteiger partial charge is 0.249 e. The highest BCUT2D eigenvalue weighted by molar-refractivity contribution is 6.30. The van der Waals surface area contributed by atoms with Crippen LogP contribution in [0.5, 0.6) is 0 Å². The Labute approximate surface area is 63.8 Å². The van der Waals surface area contributed by atoms with Gasteiger partial charge in [0, 0.05) is 6.07 Å². The molecule has 1 aromatic rings. The third-order valence-corrected chi connectivity index (χ3v) is 1.67. The van der Waals surface area contributed by atoms with Crippen molar-refractivity contribution in [3.63, 3.8) is 0 Å². The molecule has 0 unspecified atom stereocenters. The van der Waals surface area contributed by atoms with Crippen LogP contribution in [0.1, 0.15) is 12.5 Å². The molecule has 0 atom stereocenters. The van der Waals surface area contributed by atoms with Crippen molar-refractivity contribution in [3.05, 3.63) is 33.2 Å². The first-order valence-corrected chi connectivity index (χ1v) is 3.49. The van der Waals surface area contributed by atoms with Crippen molar-refractivity contribution in [2.24, 2.45) is 0 Å². The summed E-state index contributed by atoms with van der Waals surface area (Å²) in [5.41, 5.74) is 0.823. The summed E-state index contributed by atoms with van der Waals surface area (Å²) >= 11 is 5.67. The summed E-state index contributed by atoms with van der Waals surface area (Å²) in [6, 6.07) is 3.21.